The number of carbonyl (C=O) groups is 1. The molecule has 0 fully saturated rings. The molecule has 0 aliphatic carbocycles. The summed E-state index contributed by atoms with van der Waals surface area (Å²) in [5.41, 5.74) is 2.21. The Hall–Kier alpha value is -2.25. The van der Waals surface area contributed by atoms with Crippen molar-refractivity contribution in [2.75, 3.05) is 13.2 Å². The predicted molar refractivity (Wildman–Crippen MR) is 86.9 cm³/mol. The predicted octanol–water partition coefficient (Wildman–Crippen LogP) is 3.24. The lowest BCUT2D eigenvalue weighted by atomic mass is 10.1. The van der Waals surface area contributed by atoms with E-state index in [0.717, 1.165) is 15.6 Å². The van der Waals surface area contributed by atoms with E-state index in [4.69, 9.17) is 11.2 Å². The van der Waals surface area contributed by atoms with E-state index in [1.165, 1.54) is 0 Å². The largest absolute Gasteiger partial charge is 0.484 e. The smallest absolute Gasteiger partial charge is 0.258 e. The minimum Gasteiger partial charge on any atom is -0.484 e. The Morgan fingerprint density at radius 1 is 1.10 bits per heavy atom. The number of ether oxygens (including phenoxy) is 1. The van der Waals surface area contributed by atoms with Crippen molar-refractivity contribution in [1.82, 2.24) is 5.32 Å². The molecule has 2 rings (SSSR count). The molecule has 2 aromatic carbocycles. The van der Waals surface area contributed by atoms with Crippen LogP contribution in [0, 0.1) is 12.3 Å². The third-order valence-electron chi connectivity index (χ3n) is 2.79. The van der Waals surface area contributed by atoms with Crippen LogP contribution in [0.5, 0.6) is 5.75 Å². The van der Waals surface area contributed by atoms with Gasteiger partial charge in [-0.2, -0.15) is 0 Å². The van der Waals surface area contributed by atoms with E-state index in [2.05, 4.69) is 27.2 Å². The van der Waals surface area contributed by atoms with E-state index in [-0.39, 0.29) is 19.1 Å². The molecular weight excluding hydrogens is 330 g/mol. The first kappa shape index (κ1) is 15.1. The summed E-state index contributed by atoms with van der Waals surface area (Å²) in [5, 5.41) is 2.54. The van der Waals surface area contributed by atoms with Crippen LogP contribution in [-0.2, 0) is 4.79 Å². The number of benzene rings is 2. The molecule has 0 saturated carbocycles. The number of hydrogen-bond donors (Lipinski definition) is 1. The highest BCUT2D eigenvalue weighted by Crippen LogP contribution is 2.23. The van der Waals surface area contributed by atoms with Gasteiger partial charge in [-0.3, -0.25) is 4.79 Å². The molecule has 0 heterocycles. The van der Waals surface area contributed by atoms with Gasteiger partial charge < -0.3 is 10.1 Å². The molecule has 0 saturated heterocycles. The van der Waals surface area contributed by atoms with Gasteiger partial charge in [-0.1, -0.05) is 46.1 Å². The topological polar surface area (TPSA) is 38.3 Å². The fraction of sp³-hybridized carbons (Fsp3) is 0.118. The molecule has 0 aromatic heterocycles. The van der Waals surface area contributed by atoms with E-state index in [1.807, 2.05) is 48.5 Å². The number of rotatable bonds is 5. The number of amides is 1. The zero-order chi connectivity index (χ0) is 15.1. The van der Waals surface area contributed by atoms with Gasteiger partial charge in [0.2, 0.25) is 0 Å². The Bertz CT molecular complexity index is 642. The zero-order valence-corrected chi connectivity index (χ0v) is 12.9. The maximum absolute atomic E-state index is 11.4. The first-order chi connectivity index (χ1) is 10.2. The van der Waals surface area contributed by atoms with Crippen molar-refractivity contribution in [3.8, 4) is 29.2 Å². The maximum Gasteiger partial charge on any atom is 0.258 e. The van der Waals surface area contributed by atoms with Crippen LogP contribution >= 0.6 is 15.9 Å². The van der Waals surface area contributed by atoms with E-state index in [0.29, 0.717) is 5.75 Å². The van der Waals surface area contributed by atoms with Gasteiger partial charge in [0.25, 0.3) is 5.91 Å². The van der Waals surface area contributed by atoms with Gasteiger partial charge in [0.05, 0.1) is 6.54 Å². The second kappa shape index (κ2) is 7.51. The highest BCUT2D eigenvalue weighted by Gasteiger charge is 2.02. The Morgan fingerprint density at radius 3 is 2.24 bits per heavy atom. The van der Waals surface area contributed by atoms with Crippen molar-refractivity contribution in [1.29, 1.82) is 0 Å². The molecule has 0 aliphatic heterocycles. The molecule has 4 heteroatoms. The monoisotopic (exact) mass is 343 g/mol. The lowest BCUT2D eigenvalue weighted by Crippen LogP contribution is -2.28. The lowest BCUT2D eigenvalue weighted by molar-refractivity contribution is -0.122. The molecule has 0 unspecified atom stereocenters. The van der Waals surface area contributed by atoms with E-state index in [1.54, 1.807) is 0 Å². The van der Waals surface area contributed by atoms with Crippen molar-refractivity contribution in [3.05, 3.63) is 53.0 Å². The SMILES string of the molecule is C#CCNC(=O)COc1ccc(-c2ccc(Br)cc2)cc1. The van der Waals surface area contributed by atoms with Crippen molar-refractivity contribution >= 4 is 21.8 Å². The van der Waals surface area contributed by atoms with Crippen molar-refractivity contribution < 1.29 is 9.53 Å². The lowest BCUT2D eigenvalue weighted by Gasteiger charge is -2.07. The summed E-state index contributed by atoms with van der Waals surface area (Å²) in [6.07, 6.45) is 5.06. The van der Waals surface area contributed by atoms with Gasteiger partial charge in [-0.25, -0.2) is 0 Å². The quantitative estimate of drug-likeness (QED) is 0.846. The van der Waals surface area contributed by atoms with Gasteiger partial charge >= 0.3 is 0 Å². The molecule has 0 radical (unpaired) electrons. The summed E-state index contributed by atoms with van der Waals surface area (Å²) in [5.74, 6) is 2.75. The van der Waals surface area contributed by atoms with Crippen LogP contribution < -0.4 is 10.1 Å². The maximum atomic E-state index is 11.4. The highest BCUT2D eigenvalue weighted by molar-refractivity contribution is 9.10. The summed E-state index contributed by atoms with van der Waals surface area (Å²) in [6, 6.07) is 15.7. The van der Waals surface area contributed by atoms with Gasteiger partial charge in [-0.05, 0) is 35.4 Å². The van der Waals surface area contributed by atoms with E-state index in [9.17, 15) is 4.79 Å². The van der Waals surface area contributed by atoms with Gasteiger partial charge in [0.1, 0.15) is 5.75 Å². The summed E-state index contributed by atoms with van der Waals surface area (Å²) in [6.45, 7) is 0.171. The molecule has 0 bridgehead atoms. The number of halogens is 1. The average molecular weight is 344 g/mol. The minimum atomic E-state index is -0.232. The van der Waals surface area contributed by atoms with Crippen molar-refractivity contribution in [2.45, 2.75) is 0 Å². The fourth-order valence-corrected chi connectivity index (χ4v) is 2.00. The van der Waals surface area contributed by atoms with Crippen LogP contribution in [0.1, 0.15) is 0 Å². The normalized spacial score (nSPS) is 9.71. The van der Waals surface area contributed by atoms with Crippen LogP contribution in [0.3, 0.4) is 0 Å². The minimum absolute atomic E-state index is 0.0424. The molecule has 0 aliphatic rings. The number of hydrogen-bond acceptors (Lipinski definition) is 2. The fourth-order valence-electron chi connectivity index (χ4n) is 1.74. The number of nitrogens with one attached hydrogen (secondary N) is 1. The first-order valence-electron chi connectivity index (χ1n) is 6.38. The zero-order valence-electron chi connectivity index (χ0n) is 11.3. The second-order valence-corrected chi connectivity index (χ2v) is 5.22. The van der Waals surface area contributed by atoms with Crippen LogP contribution in [-0.4, -0.2) is 19.1 Å². The van der Waals surface area contributed by atoms with Gasteiger partial charge in [0, 0.05) is 4.47 Å². The molecule has 21 heavy (non-hydrogen) atoms. The van der Waals surface area contributed by atoms with Crippen LogP contribution in [0.2, 0.25) is 0 Å². The van der Waals surface area contributed by atoms with Crippen molar-refractivity contribution in [3.63, 3.8) is 0 Å². The molecule has 106 valence electrons. The molecular formula is C17H14BrNO2. The third kappa shape index (κ3) is 4.66. The molecule has 0 spiro atoms. The highest BCUT2D eigenvalue weighted by atomic mass is 79.9. The third-order valence-corrected chi connectivity index (χ3v) is 3.32. The summed E-state index contributed by atoms with van der Waals surface area (Å²) >= 11 is 3.41. The average Bonchev–Trinajstić information content (AvgIpc) is 2.52. The summed E-state index contributed by atoms with van der Waals surface area (Å²) in [4.78, 5) is 11.4. The van der Waals surface area contributed by atoms with Crippen LogP contribution in [0.4, 0.5) is 0 Å². The number of terminal acetylenes is 1. The summed E-state index contributed by atoms with van der Waals surface area (Å²) in [7, 11) is 0. The number of carbonyl (C=O) groups excluding carboxylic acids is 1. The molecule has 2 aromatic rings. The Balaban J connectivity index is 1.94. The second-order valence-electron chi connectivity index (χ2n) is 4.30. The molecule has 3 nitrogen and oxygen atoms in total. The molecule has 0 atom stereocenters. The first-order valence-corrected chi connectivity index (χ1v) is 7.17. The van der Waals surface area contributed by atoms with E-state index >= 15 is 0 Å². The molecule has 1 N–H and O–H groups in total. The van der Waals surface area contributed by atoms with Gasteiger partial charge in [0.15, 0.2) is 6.61 Å². The Kier molecular flexibility index (Phi) is 5.42. The van der Waals surface area contributed by atoms with E-state index < -0.39 is 0 Å². The molecule has 1 amide bonds. The Labute approximate surface area is 132 Å². The summed E-state index contributed by atoms with van der Waals surface area (Å²) < 4.78 is 6.43. The standard InChI is InChI=1S/C17H14BrNO2/c1-2-11-19-17(20)12-21-16-9-5-14(6-10-16)13-3-7-15(18)8-4-13/h1,3-10H,11-12H2,(H,19,20). The Morgan fingerprint density at radius 2 is 1.67 bits per heavy atom. The van der Waals surface area contributed by atoms with Gasteiger partial charge in [-0.15, -0.1) is 6.42 Å². The van der Waals surface area contributed by atoms with Crippen LogP contribution in [0.25, 0.3) is 11.1 Å². The van der Waals surface area contributed by atoms with Crippen LogP contribution in [0.15, 0.2) is 53.0 Å². The van der Waals surface area contributed by atoms with Crippen molar-refractivity contribution in [2.24, 2.45) is 0 Å².